The largest absolute Gasteiger partial charge is 0.459 e. The van der Waals surface area contributed by atoms with Crippen LogP contribution in [0.25, 0.3) is 0 Å². The summed E-state index contributed by atoms with van der Waals surface area (Å²) in [7, 11) is 0. The Kier molecular flexibility index (Phi) is 5.73. The van der Waals surface area contributed by atoms with Gasteiger partial charge < -0.3 is 19.6 Å². The SMILES string of the molecule is CCc1nc(C)c(CC(=O)N[C@@H]2CCCN(C(=O)c3ccco3)C2)c(=O)[nH]1. The van der Waals surface area contributed by atoms with Gasteiger partial charge in [-0.15, -0.1) is 0 Å². The lowest BCUT2D eigenvalue weighted by Gasteiger charge is -2.32. The van der Waals surface area contributed by atoms with Crippen LogP contribution in [-0.4, -0.2) is 45.8 Å². The van der Waals surface area contributed by atoms with Crippen molar-refractivity contribution in [2.75, 3.05) is 13.1 Å². The molecule has 1 aliphatic rings. The van der Waals surface area contributed by atoms with Gasteiger partial charge >= 0.3 is 0 Å². The number of aryl methyl sites for hydroxylation is 2. The Labute approximate surface area is 157 Å². The summed E-state index contributed by atoms with van der Waals surface area (Å²) < 4.78 is 5.17. The monoisotopic (exact) mass is 372 g/mol. The van der Waals surface area contributed by atoms with Crippen molar-refractivity contribution < 1.29 is 14.0 Å². The Balaban J connectivity index is 1.61. The first kappa shape index (κ1) is 18.9. The zero-order valence-electron chi connectivity index (χ0n) is 15.6. The summed E-state index contributed by atoms with van der Waals surface area (Å²) in [4.78, 5) is 45.7. The van der Waals surface area contributed by atoms with Crippen molar-refractivity contribution in [3.8, 4) is 0 Å². The maximum atomic E-state index is 12.4. The molecule has 0 bridgehead atoms. The highest BCUT2D eigenvalue weighted by atomic mass is 16.3. The van der Waals surface area contributed by atoms with Crippen LogP contribution in [0.3, 0.4) is 0 Å². The van der Waals surface area contributed by atoms with E-state index in [0.717, 1.165) is 12.8 Å². The molecular weight excluding hydrogens is 348 g/mol. The zero-order chi connectivity index (χ0) is 19.4. The molecule has 1 atom stereocenters. The van der Waals surface area contributed by atoms with Gasteiger partial charge in [-0.2, -0.15) is 0 Å². The molecule has 2 aromatic heterocycles. The Morgan fingerprint density at radius 2 is 2.26 bits per heavy atom. The van der Waals surface area contributed by atoms with Crippen molar-refractivity contribution in [3.63, 3.8) is 0 Å². The van der Waals surface area contributed by atoms with Crippen molar-refractivity contribution in [2.45, 2.75) is 45.6 Å². The second-order valence-electron chi connectivity index (χ2n) is 6.74. The second kappa shape index (κ2) is 8.20. The van der Waals surface area contributed by atoms with E-state index in [4.69, 9.17) is 4.42 Å². The lowest BCUT2D eigenvalue weighted by atomic mass is 10.0. The Morgan fingerprint density at radius 1 is 1.44 bits per heavy atom. The number of aromatic nitrogens is 2. The summed E-state index contributed by atoms with van der Waals surface area (Å²) >= 11 is 0. The van der Waals surface area contributed by atoms with Crippen LogP contribution in [0.4, 0.5) is 0 Å². The van der Waals surface area contributed by atoms with Crippen LogP contribution in [0.1, 0.15) is 47.4 Å². The molecule has 0 unspecified atom stereocenters. The molecule has 27 heavy (non-hydrogen) atoms. The van der Waals surface area contributed by atoms with E-state index in [9.17, 15) is 14.4 Å². The molecule has 0 spiro atoms. The molecule has 0 saturated carbocycles. The van der Waals surface area contributed by atoms with Crippen molar-refractivity contribution in [1.82, 2.24) is 20.2 Å². The number of likely N-dealkylation sites (tertiary alicyclic amines) is 1. The molecule has 2 amide bonds. The molecule has 0 aromatic carbocycles. The maximum absolute atomic E-state index is 12.4. The maximum Gasteiger partial charge on any atom is 0.289 e. The fourth-order valence-corrected chi connectivity index (χ4v) is 3.32. The average Bonchev–Trinajstić information content (AvgIpc) is 3.18. The molecule has 1 aliphatic heterocycles. The highest BCUT2D eigenvalue weighted by Crippen LogP contribution is 2.14. The molecule has 1 fully saturated rings. The first-order chi connectivity index (χ1) is 13.0. The fourth-order valence-electron chi connectivity index (χ4n) is 3.32. The van der Waals surface area contributed by atoms with Gasteiger partial charge in [0.15, 0.2) is 5.76 Å². The summed E-state index contributed by atoms with van der Waals surface area (Å²) in [6, 6.07) is 3.16. The minimum atomic E-state index is -0.271. The highest BCUT2D eigenvalue weighted by Gasteiger charge is 2.27. The third kappa shape index (κ3) is 4.45. The summed E-state index contributed by atoms with van der Waals surface area (Å²) in [6.45, 7) is 4.70. The number of hydrogen-bond donors (Lipinski definition) is 2. The van der Waals surface area contributed by atoms with E-state index in [1.165, 1.54) is 6.26 Å². The highest BCUT2D eigenvalue weighted by molar-refractivity contribution is 5.91. The summed E-state index contributed by atoms with van der Waals surface area (Å²) in [5, 5.41) is 2.94. The van der Waals surface area contributed by atoms with Gasteiger partial charge in [0.2, 0.25) is 5.91 Å². The van der Waals surface area contributed by atoms with Gasteiger partial charge in [-0.05, 0) is 31.9 Å². The Bertz CT molecular complexity index is 872. The molecule has 2 aromatic rings. The van der Waals surface area contributed by atoms with Crippen LogP contribution in [0.2, 0.25) is 0 Å². The standard InChI is InChI=1S/C19H24N4O4/c1-3-16-20-12(2)14(18(25)22-16)10-17(24)21-13-6-4-8-23(11-13)19(26)15-7-5-9-27-15/h5,7,9,13H,3-4,6,8,10-11H2,1-2H3,(H,21,24)(H,20,22,25)/t13-/m1/s1. The van der Waals surface area contributed by atoms with E-state index < -0.39 is 0 Å². The Morgan fingerprint density at radius 3 is 2.93 bits per heavy atom. The smallest absolute Gasteiger partial charge is 0.289 e. The number of aromatic amines is 1. The summed E-state index contributed by atoms with van der Waals surface area (Å²) in [5.74, 6) is 0.491. The van der Waals surface area contributed by atoms with E-state index in [1.807, 2.05) is 6.92 Å². The normalized spacial score (nSPS) is 17.0. The van der Waals surface area contributed by atoms with Gasteiger partial charge in [-0.3, -0.25) is 14.4 Å². The van der Waals surface area contributed by atoms with Gasteiger partial charge in [0.1, 0.15) is 5.82 Å². The van der Waals surface area contributed by atoms with Gasteiger partial charge in [-0.25, -0.2) is 4.98 Å². The van der Waals surface area contributed by atoms with E-state index in [2.05, 4.69) is 15.3 Å². The topological polar surface area (TPSA) is 108 Å². The number of carbonyl (C=O) groups is 2. The quantitative estimate of drug-likeness (QED) is 0.820. The number of hydrogen-bond acceptors (Lipinski definition) is 5. The predicted molar refractivity (Wildman–Crippen MR) is 98.5 cm³/mol. The van der Waals surface area contributed by atoms with Crippen molar-refractivity contribution >= 4 is 11.8 Å². The third-order valence-corrected chi connectivity index (χ3v) is 4.75. The van der Waals surface area contributed by atoms with E-state index >= 15 is 0 Å². The van der Waals surface area contributed by atoms with Crippen LogP contribution in [0.15, 0.2) is 27.6 Å². The van der Waals surface area contributed by atoms with Crippen LogP contribution < -0.4 is 10.9 Å². The molecule has 2 N–H and O–H groups in total. The van der Waals surface area contributed by atoms with Gasteiger partial charge in [0.05, 0.1) is 12.7 Å². The molecule has 3 heterocycles. The molecular formula is C19H24N4O4. The number of piperidine rings is 1. The number of amides is 2. The minimum absolute atomic E-state index is 0.0270. The van der Waals surface area contributed by atoms with Crippen LogP contribution in [0.5, 0.6) is 0 Å². The van der Waals surface area contributed by atoms with Gasteiger partial charge in [0, 0.05) is 36.8 Å². The molecule has 0 radical (unpaired) electrons. The average molecular weight is 372 g/mol. The van der Waals surface area contributed by atoms with E-state index in [1.54, 1.807) is 24.0 Å². The van der Waals surface area contributed by atoms with Gasteiger partial charge in [-0.1, -0.05) is 6.92 Å². The molecule has 1 saturated heterocycles. The number of carbonyl (C=O) groups excluding carboxylic acids is 2. The number of nitrogens with zero attached hydrogens (tertiary/aromatic N) is 2. The van der Waals surface area contributed by atoms with E-state index in [0.29, 0.717) is 42.4 Å². The summed E-state index contributed by atoms with van der Waals surface area (Å²) in [5.41, 5.74) is 0.681. The van der Waals surface area contributed by atoms with Crippen molar-refractivity contribution in [1.29, 1.82) is 0 Å². The minimum Gasteiger partial charge on any atom is -0.459 e. The van der Waals surface area contributed by atoms with Crippen LogP contribution >= 0.6 is 0 Å². The van der Waals surface area contributed by atoms with Crippen LogP contribution in [-0.2, 0) is 17.6 Å². The Hall–Kier alpha value is -2.90. The first-order valence-corrected chi connectivity index (χ1v) is 9.18. The third-order valence-electron chi connectivity index (χ3n) is 4.75. The summed E-state index contributed by atoms with van der Waals surface area (Å²) in [6.07, 6.45) is 3.65. The molecule has 3 rings (SSSR count). The first-order valence-electron chi connectivity index (χ1n) is 9.18. The number of nitrogens with one attached hydrogen (secondary N) is 2. The second-order valence-corrected chi connectivity index (χ2v) is 6.74. The molecule has 8 nitrogen and oxygen atoms in total. The zero-order valence-corrected chi connectivity index (χ0v) is 15.6. The van der Waals surface area contributed by atoms with Gasteiger partial charge in [0.25, 0.3) is 11.5 Å². The van der Waals surface area contributed by atoms with Crippen LogP contribution in [0, 0.1) is 6.92 Å². The van der Waals surface area contributed by atoms with Crippen molar-refractivity contribution in [2.24, 2.45) is 0 Å². The van der Waals surface area contributed by atoms with E-state index in [-0.39, 0.29) is 29.8 Å². The predicted octanol–water partition coefficient (Wildman–Crippen LogP) is 1.20. The molecule has 144 valence electrons. The lowest BCUT2D eigenvalue weighted by molar-refractivity contribution is -0.121. The molecule has 8 heteroatoms. The number of rotatable bonds is 5. The lowest BCUT2D eigenvalue weighted by Crippen LogP contribution is -2.50. The number of H-pyrrole nitrogens is 1. The number of furan rings is 1. The fraction of sp³-hybridized carbons (Fsp3) is 0.474. The molecule has 0 aliphatic carbocycles. The van der Waals surface area contributed by atoms with Crippen molar-refractivity contribution in [3.05, 3.63) is 51.6 Å².